The molecule has 26 heavy (non-hydrogen) atoms. The van der Waals surface area contributed by atoms with Crippen LogP contribution in [-0.4, -0.2) is 13.6 Å². The molecule has 1 heterocycles. The van der Waals surface area contributed by atoms with E-state index < -0.39 is 10.0 Å². The number of hydrogen-bond donors (Lipinski definition) is 1. The number of anilines is 1. The highest BCUT2D eigenvalue weighted by molar-refractivity contribution is 9.10. The monoisotopic (exact) mass is 434 g/mol. The molecule has 0 spiro atoms. The summed E-state index contributed by atoms with van der Waals surface area (Å²) < 4.78 is 34.8. The zero-order valence-electron chi connectivity index (χ0n) is 14.9. The molecule has 1 aromatic heterocycles. The summed E-state index contributed by atoms with van der Waals surface area (Å²) in [5, 5.41) is 3.95. The number of sulfonamides is 1. The Hall–Kier alpha value is -2.12. The van der Waals surface area contributed by atoms with Gasteiger partial charge in [0.25, 0.3) is 10.0 Å². The molecule has 0 atom stereocenters. The van der Waals surface area contributed by atoms with E-state index in [-0.39, 0.29) is 4.90 Å². The second-order valence-electron chi connectivity index (χ2n) is 6.27. The second-order valence-corrected chi connectivity index (χ2v) is 8.78. The van der Waals surface area contributed by atoms with Crippen LogP contribution in [0.15, 0.2) is 50.3 Å². The van der Waals surface area contributed by atoms with Gasteiger partial charge in [0.05, 0.1) is 10.6 Å². The molecule has 136 valence electrons. The van der Waals surface area contributed by atoms with Gasteiger partial charge in [0, 0.05) is 21.3 Å². The van der Waals surface area contributed by atoms with Crippen molar-refractivity contribution in [1.29, 1.82) is 0 Å². The van der Waals surface area contributed by atoms with Gasteiger partial charge >= 0.3 is 0 Å². The van der Waals surface area contributed by atoms with Crippen molar-refractivity contribution in [3.63, 3.8) is 0 Å². The van der Waals surface area contributed by atoms with Crippen molar-refractivity contribution < 1.29 is 12.9 Å². The van der Waals surface area contributed by atoms with Crippen molar-refractivity contribution in [2.24, 2.45) is 0 Å². The molecular weight excluding hydrogens is 416 g/mol. The van der Waals surface area contributed by atoms with E-state index in [4.69, 9.17) is 4.52 Å². The smallest absolute Gasteiger partial charge is 0.262 e. The first-order valence-electron chi connectivity index (χ1n) is 8.02. The summed E-state index contributed by atoms with van der Waals surface area (Å²) in [6.07, 6.45) is 0. The van der Waals surface area contributed by atoms with Gasteiger partial charge in [0.1, 0.15) is 0 Å². The van der Waals surface area contributed by atoms with Crippen LogP contribution in [0.2, 0.25) is 0 Å². The third-order valence-corrected chi connectivity index (χ3v) is 6.72. The van der Waals surface area contributed by atoms with Crippen LogP contribution in [0.1, 0.15) is 22.4 Å². The molecule has 3 aromatic rings. The largest absolute Gasteiger partial charge is 0.356 e. The van der Waals surface area contributed by atoms with Crippen molar-refractivity contribution in [2.45, 2.75) is 32.6 Å². The van der Waals surface area contributed by atoms with Crippen LogP contribution in [0.4, 0.5) is 5.69 Å². The fourth-order valence-corrected chi connectivity index (χ4v) is 4.20. The molecule has 0 bridgehead atoms. The number of halogens is 1. The zero-order chi connectivity index (χ0) is 19.1. The Balaban J connectivity index is 2.03. The topological polar surface area (TPSA) is 72.2 Å². The summed E-state index contributed by atoms with van der Waals surface area (Å²) in [6, 6.07) is 10.6. The lowest BCUT2D eigenvalue weighted by Gasteiger charge is -2.12. The zero-order valence-corrected chi connectivity index (χ0v) is 17.3. The van der Waals surface area contributed by atoms with Gasteiger partial charge in [0.15, 0.2) is 5.76 Å². The first kappa shape index (κ1) is 18.7. The van der Waals surface area contributed by atoms with Crippen LogP contribution >= 0.6 is 15.9 Å². The number of nitrogens with one attached hydrogen (secondary N) is 1. The van der Waals surface area contributed by atoms with E-state index in [0.29, 0.717) is 22.6 Å². The third kappa shape index (κ3) is 3.54. The highest BCUT2D eigenvalue weighted by Gasteiger charge is 2.20. The lowest BCUT2D eigenvalue weighted by atomic mass is 10.1. The lowest BCUT2D eigenvalue weighted by molar-refractivity contribution is 0.427. The Morgan fingerprint density at radius 3 is 2.35 bits per heavy atom. The molecule has 0 aliphatic heterocycles. The van der Waals surface area contributed by atoms with E-state index in [1.165, 1.54) is 0 Å². The number of rotatable bonds is 4. The summed E-state index contributed by atoms with van der Waals surface area (Å²) >= 11 is 3.42. The molecule has 0 saturated heterocycles. The molecule has 0 saturated carbocycles. The predicted molar refractivity (Wildman–Crippen MR) is 106 cm³/mol. The molecule has 0 fully saturated rings. The average molecular weight is 435 g/mol. The molecule has 0 aliphatic rings. The number of nitrogens with zero attached hydrogens (tertiary/aromatic N) is 1. The summed E-state index contributed by atoms with van der Waals surface area (Å²) in [5.74, 6) is 0.582. The molecule has 0 unspecified atom stereocenters. The molecule has 5 nitrogen and oxygen atoms in total. The lowest BCUT2D eigenvalue weighted by Crippen LogP contribution is -2.14. The maximum absolute atomic E-state index is 12.9. The minimum Gasteiger partial charge on any atom is -0.356 e. The summed E-state index contributed by atoms with van der Waals surface area (Å²) in [6.45, 7) is 7.43. The number of hydrogen-bond acceptors (Lipinski definition) is 4. The van der Waals surface area contributed by atoms with E-state index in [2.05, 4.69) is 25.8 Å². The summed E-state index contributed by atoms with van der Waals surface area (Å²) in [7, 11) is -3.74. The van der Waals surface area contributed by atoms with Gasteiger partial charge < -0.3 is 4.52 Å². The van der Waals surface area contributed by atoms with Crippen molar-refractivity contribution in [3.8, 4) is 11.3 Å². The molecule has 1 N–H and O–H groups in total. The van der Waals surface area contributed by atoms with Gasteiger partial charge in [-0.2, -0.15) is 0 Å². The predicted octanol–water partition coefficient (Wildman–Crippen LogP) is 5.14. The van der Waals surface area contributed by atoms with Gasteiger partial charge in [-0.3, -0.25) is 4.72 Å². The number of aromatic nitrogens is 1. The Labute approximate surface area is 161 Å². The number of benzene rings is 2. The molecule has 0 aliphatic carbocycles. The molecule has 0 radical (unpaired) electrons. The first-order chi connectivity index (χ1) is 12.2. The maximum Gasteiger partial charge on any atom is 0.262 e. The average Bonchev–Trinajstić information content (AvgIpc) is 2.90. The Morgan fingerprint density at radius 1 is 1.00 bits per heavy atom. The Morgan fingerprint density at radius 2 is 1.73 bits per heavy atom. The van der Waals surface area contributed by atoms with Gasteiger partial charge in [-0.05, 0) is 63.1 Å². The van der Waals surface area contributed by atoms with Crippen LogP contribution in [0.25, 0.3) is 11.3 Å². The van der Waals surface area contributed by atoms with Crippen molar-refractivity contribution in [2.75, 3.05) is 4.72 Å². The highest BCUT2D eigenvalue weighted by Crippen LogP contribution is 2.30. The molecule has 7 heteroatoms. The molecule has 2 aromatic carbocycles. The second kappa shape index (κ2) is 6.89. The van der Waals surface area contributed by atoms with Gasteiger partial charge in [0.2, 0.25) is 0 Å². The quantitative estimate of drug-likeness (QED) is 0.616. The first-order valence-corrected chi connectivity index (χ1v) is 10.3. The SMILES string of the molecule is Cc1cc(NS(=O)(=O)c2cc(-c3onc(C)c3C)ccc2C)ccc1Br. The standard InChI is InChI=1S/C19H19BrN2O3S/c1-11-5-6-15(19-13(3)14(4)21-25-19)10-18(11)26(23,24)22-16-7-8-17(20)12(2)9-16/h5-10,22H,1-4H3. The molecule has 0 amide bonds. The van der Waals surface area contributed by atoms with Gasteiger partial charge in [-0.15, -0.1) is 0 Å². The van der Waals surface area contributed by atoms with Crippen molar-refractivity contribution in [3.05, 3.63) is 63.3 Å². The van der Waals surface area contributed by atoms with Crippen LogP contribution in [-0.2, 0) is 10.0 Å². The minimum atomic E-state index is -3.74. The fourth-order valence-electron chi connectivity index (χ4n) is 2.63. The van der Waals surface area contributed by atoms with Crippen LogP contribution in [0, 0.1) is 27.7 Å². The minimum absolute atomic E-state index is 0.212. The van der Waals surface area contributed by atoms with Crippen molar-refractivity contribution >= 4 is 31.6 Å². The normalized spacial score (nSPS) is 11.6. The Kier molecular flexibility index (Phi) is 4.94. The van der Waals surface area contributed by atoms with Gasteiger partial charge in [-0.1, -0.05) is 33.2 Å². The Bertz CT molecular complexity index is 1090. The number of aryl methyl sites for hydroxylation is 3. The van der Waals surface area contributed by atoms with E-state index in [0.717, 1.165) is 21.3 Å². The van der Waals surface area contributed by atoms with E-state index in [1.54, 1.807) is 31.2 Å². The van der Waals surface area contributed by atoms with Crippen molar-refractivity contribution in [1.82, 2.24) is 5.16 Å². The summed E-state index contributed by atoms with van der Waals surface area (Å²) in [5.41, 5.74) is 4.48. The highest BCUT2D eigenvalue weighted by atomic mass is 79.9. The van der Waals surface area contributed by atoms with E-state index >= 15 is 0 Å². The van der Waals surface area contributed by atoms with E-state index in [1.807, 2.05) is 32.9 Å². The van der Waals surface area contributed by atoms with E-state index in [9.17, 15) is 8.42 Å². The molecule has 3 rings (SSSR count). The molecular formula is C19H19BrN2O3S. The maximum atomic E-state index is 12.9. The third-order valence-electron chi connectivity index (χ3n) is 4.31. The van der Waals surface area contributed by atoms with Crippen LogP contribution in [0.5, 0.6) is 0 Å². The summed E-state index contributed by atoms with van der Waals surface area (Å²) in [4.78, 5) is 0.212. The van der Waals surface area contributed by atoms with Gasteiger partial charge in [-0.25, -0.2) is 8.42 Å². The van der Waals surface area contributed by atoms with Crippen LogP contribution in [0.3, 0.4) is 0 Å². The van der Waals surface area contributed by atoms with Crippen LogP contribution < -0.4 is 4.72 Å². The fraction of sp³-hybridized carbons (Fsp3) is 0.211.